The summed E-state index contributed by atoms with van der Waals surface area (Å²) in [4.78, 5) is 4.26. The van der Waals surface area contributed by atoms with E-state index in [1.807, 2.05) is 0 Å². The van der Waals surface area contributed by atoms with Gasteiger partial charge in [0, 0.05) is 6.04 Å². The van der Waals surface area contributed by atoms with Crippen LogP contribution >= 0.6 is 0 Å². The molecule has 1 aromatic heterocycles. The van der Waals surface area contributed by atoms with E-state index in [0.717, 1.165) is 12.2 Å². The highest BCUT2D eigenvalue weighted by molar-refractivity contribution is 5.34. The molecule has 3 rings (SSSR count). The number of hydrogen-bond acceptors (Lipinski definition) is 3. The summed E-state index contributed by atoms with van der Waals surface area (Å²) in [5, 5.41) is 10.6. The second kappa shape index (κ2) is 5.02. The van der Waals surface area contributed by atoms with Crippen LogP contribution in [0.5, 0.6) is 0 Å². The first-order chi connectivity index (χ1) is 9.58. The standard InChI is InChI=1S/C16H22N4/c1-11(15-17-10-18-20-15)19-14-13-7-5-4-6-12(13)8-9-16(14,2)3/h4-7,10-11,14,19H,8-9H2,1-3H3,(H,17,18,20). The number of aromatic nitrogens is 3. The first-order valence-electron chi connectivity index (χ1n) is 7.27. The quantitative estimate of drug-likeness (QED) is 0.900. The molecule has 2 unspecified atom stereocenters. The molecule has 0 radical (unpaired) electrons. The van der Waals surface area contributed by atoms with Crippen LogP contribution in [0.25, 0.3) is 0 Å². The summed E-state index contributed by atoms with van der Waals surface area (Å²) in [5.74, 6) is 0.892. The van der Waals surface area contributed by atoms with Crippen molar-refractivity contribution in [3.8, 4) is 0 Å². The molecule has 2 aromatic rings. The summed E-state index contributed by atoms with van der Waals surface area (Å²) in [5.41, 5.74) is 3.13. The van der Waals surface area contributed by atoms with Gasteiger partial charge in [-0.05, 0) is 36.3 Å². The highest BCUT2D eigenvalue weighted by Gasteiger charge is 2.36. The summed E-state index contributed by atoms with van der Waals surface area (Å²) in [6.07, 6.45) is 3.93. The second-order valence-corrected chi connectivity index (χ2v) is 6.38. The molecular weight excluding hydrogens is 248 g/mol. The van der Waals surface area contributed by atoms with Gasteiger partial charge in [-0.2, -0.15) is 5.10 Å². The maximum atomic E-state index is 4.26. The Bertz CT molecular complexity index is 574. The van der Waals surface area contributed by atoms with Crippen molar-refractivity contribution >= 4 is 0 Å². The van der Waals surface area contributed by atoms with E-state index in [4.69, 9.17) is 0 Å². The molecule has 0 aliphatic heterocycles. The number of aromatic amines is 1. The Hall–Kier alpha value is -1.68. The third kappa shape index (κ3) is 2.36. The Morgan fingerprint density at radius 1 is 1.35 bits per heavy atom. The molecule has 2 atom stereocenters. The van der Waals surface area contributed by atoms with E-state index in [0.29, 0.717) is 6.04 Å². The van der Waals surface area contributed by atoms with Crippen LogP contribution in [0.15, 0.2) is 30.6 Å². The van der Waals surface area contributed by atoms with Gasteiger partial charge in [0.25, 0.3) is 0 Å². The smallest absolute Gasteiger partial charge is 0.141 e. The first kappa shape index (κ1) is 13.3. The molecule has 106 valence electrons. The number of aryl methyl sites for hydroxylation is 1. The topological polar surface area (TPSA) is 53.6 Å². The lowest BCUT2D eigenvalue weighted by Gasteiger charge is -2.41. The van der Waals surface area contributed by atoms with Crippen LogP contribution in [-0.4, -0.2) is 15.2 Å². The number of fused-ring (bicyclic) bond motifs is 1. The lowest BCUT2D eigenvalue weighted by molar-refractivity contribution is 0.195. The number of rotatable bonds is 3. The third-order valence-electron chi connectivity index (χ3n) is 4.45. The largest absolute Gasteiger partial charge is 0.300 e. The zero-order valence-corrected chi connectivity index (χ0v) is 12.4. The van der Waals surface area contributed by atoms with Gasteiger partial charge in [0.2, 0.25) is 0 Å². The molecule has 20 heavy (non-hydrogen) atoms. The fourth-order valence-electron chi connectivity index (χ4n) is 3.13. The van der Waals surface area contributed by atoms with E-state index in [1.54, 1.807) is 6.33 Å². The number of nitrogens with zero attached hydrogens (tertiary/aromatic N) is 2. The Morgan fingerprint density at radius 3 is 2.90 bits per heavy atom. The van der Waals surface area contributed by atoms with Gasteiger partial charge in [0.05, 0.1) is 6.04 Å². The zero-order valence-electron chi connectivity index (χ0n) is 12.4. The molecule has 0 amide bonds. The summed E-state index contributed by atoms with van der Waals surface area (Å²) in [6, 6.07) is 9.27. The minimum absolute atomic E-state index is 0.160. The summed E-state index contributed by atoms with van der Waals surface area (Å²) < 4.78 is 0. The van der Waals surface area contributed by atoms with E-state index in [2.05, 4.69) is 65.5 Å². The van der Waals surface area contributed by atoms with Gasteiger partial charge in [-0.15, -0.1) is 0 Å². The van der Waals surface area contributed by atoms with Crippen molar-refractivity contribution in [1.29, 1.82) is 0 Å². The van der Waals surface area contributed by atoms with Crippen LogP contribution in [-0.2, 0) is 6.42 Å². The minimum Gasteiger partial charge on any atom is -0.300 e. The molecule has 0 saturated carbocycles. The first-order valence-corrected chi connectivity index (χ1v) is 7.27. The molecule has 2 N–H and O–H groups in total. The average Bonchev–Trinajstić information content (AvgIpc) is 2.96. The van der Waals surface area contributed by atoms with E-state index < -0.39 is 0 Å². The monoisotopic (exact) mass is 270 g/mol. The SMILES string of the molecule is CC(NC1c2ccccc2CCC1(C)C)c1ncn[nH]1. The Morgan fingerprint density at radius 2 is 2.15 bits per heavy atom. The molecule has 0 saturated heterocycles. The second-order valence-electron chi connectivity index (χ2n) is 6.38. The lowest BCUT2D eigenvalue weighted by atomic mass is 9.70. The van der Waals surface area contributed by atoms with Gasteiger partial charge >= 0.3 is 0 Å². The maximum Gasteiger partial charge on any atom is 0.141 e. The van der Waals surface area contributed by atoms with Crippen molar-refractivity contribution in [2.45, 2.75) is 45.7 Å². The molecule has 0 bridgehead atoms. The summed E-state index contributed by atoms with van der Waals surface area (Å²) in [7, 11) is 0. The molecule has 1 aliphatic carbocycles. The fourth-order valence-corrected chi connectivity index (χ4v) is 3.13. The van der Waals surface area contributed by atoms with E-state index in [1.165, 1.54) is 17.5 Å². The van der Waals surface area contributed by atoms with Crippen LogP contribution in [0.4, 0.5) is 0 Å². The normalized spacial score (nSPS) is 22.2. The summed E-state index contributed by atoms with van der Waals surface area (Å²) >= 11 is 0. The maximum absolute atomic E-state index is 4.26. The predicted molar refractivity (Wildman–Crippen MR) is 79.2 cm³/mol. The average molecular weight is 270 g/mol. The predicted octanol–water partition coefficient (Wildman–Crippen LogP) is 3.17. The van der Waals surface area contributed by atoms with Gasteiger partial charge in [-0.25, -0.2) is 4.98 Å². The third-order valence-corrected chi connectivity index (χ3v) is 4.45. The molecule has 1 aromatic carbocycles. The number of H-pyrrole nitrogens is 1. The van der Waals surface area contributed by atoms with Crippen LogP contribution in [0.3, 0.4) is 0 Å². The van der Waals surface area contributed by atoms with Gasteiger partial charge in [-0.1, -0.05) is 38.1 Å². The summed E-state index contributed by atoms with van der Waals surface area (Å²) in [6.45, 7) is 6.81. The van der Waals surface area contributed by atoms with Gasteiger partial charge in [0.1, 0.15) is 12.2 Å². The number of hydrogen-bond donors (Lipinski definition) is 2. The zero-order chi connectivity index (χ0) is 14.2. The van der Waals surface area contributed by atoms with Crippen molar-refractivity contribution in [1.82, 2.24) is 20.5 Å². The van der Waals surface area contributed by atoms with Crippen molar-refractivity contribution < 1.29 is 0 Å². The molecule has 0 spiro atoms. The van der Waals surface area contributed by atoms with Gasteiger partial charge in [-0.3, -0.25) is 5.10 Å². The Kier molecular flexibility index (Phi) is 3.34. The van der Waals surface area contributed by atoms with E-state index >= 15 is 0 Å². The van der Waals surface area contributed by atoms with Gasteiger partial charge < -0.3 is 5.32 Å². The fraction of sp³-hybridized carbons (Fsp3) is 0.500. The molecule has 0 fully saturated rings. The van der Waals surface area contributed by atoms with Crippen LogP contribution in [0.1, 0.15) is 56.2 Å². The van der Waals surface area contributed by atoms with Crippen LogP contribution < -0.4 is 5.32 Å². The Labute approximate surface area is 120 Å². The minimum atomic E-state index is 0.160. The highest BCUT2D eigenvalue weighted by Crippen LogP contribution is 2.44. The van der Waals surface area contributed by atoms with Crippen molar-refractivity contribution in [2.75, 3.05) is 0 Å². The number of nitrogens with one attached hydrogen (secondary N) is 2. The molecule has 4 nitrogen and oxygen atoms in total. The van der Waals surface area contributed by atoms with E-state index in [-0.39, 0.29) is 11.5 Å². The molecular formula is C16H22N4. The van der Waals surface area contributed by atoms with Crippen molar-refractivity contribution in [3.63, 3.8) is 0 Å². The van der Waals surface area contributed by atoms with Crippen LogP contribution in [0, 0.1) is 5.41 Å². The van der Waals surface area contributed by atoms with Crippen LogP contribution in [0.2, 0.25) is 0 Å². The van der Waals surface area contributed by atoms with E-state index in [9.17, 15) is 0 Å². The highest BCUT2D eigenvalue weighted by atomic mass is 15.2. The Balaban J connectivity index is 1.90. The molecule has 4 heteroatoms. The van der Waals surface area contributed by atoms with Gasteiger partial charge in [0.15, 0.2) is 0 Å². The lowest BCUT2D eigenvalue weighted by Crippen LogP contribution is -2.39. The van der Waals surface area contributed by atoms with Crippen molar-refractivity contribution in [3.05, 3.63) is 47.5 Å². The van der Waals surface area contributed by atoms with Crippen molar-refractivity contribution in [2.24, 2.45) is 5.41 Å². The molecule has 1 heterocycles. The molecule has 1 aliphatic rings. The number of benzene rings is 1.